The van der Waals surface area contributed by atoms with Gasteiger partial charge in [-0.3, -0.25) is 9.59 Å². The van der Waals surface area contributed by atoms with Gasteiger partial charge in [0.2, 0.25) is 0 Å². The van der Waals surface area contributed by atoms with Gasteiger partial charge in [0.05, 0.1) is 3.58 Å². The van der Waals surface area contributed by atoms with Crippen LogP contribution in [0.25, 0.3) is 5.57 Å². The Hall–Kier alpha value is -1.69. The number of ketones is 1. The van der Waals surface area contributed by atoms with E-state index in [4.69, 9.17) is 0 Å². The molecule has 20 heavy (non-hydrogen) atoms. The molecule has 0 fully saturated rings. The maximum absolute atomic E-state index is 12.5. The molecular weight excluding hydrogens is 365 g/mol. The number of rotatable bonds is 1. The summed E-state index contributed by atoms with van der Waals surface area (Å²) in [5, 5.41) is 0. The summed E-state index contributed by atoms with van der Waals surface area (Å²) in [4.78, 5) is 26.4. The zero-order valence-electron chi connectivity index (χ0n) is 10.8. The van der Waals surface area contributed by atoms with Crippen LogP contribution in [0.1, 0.15) is 5.56 Å². The Morgan fingerprint density at radius 1 is 1.10 bits per heavy atom. The number of carbonyl (C=O) groups is 2. The van der Waals surface area contributed by atoms with Crippen LogP contribution in [0.15, 0.2) is 58.2 Å². The van der Waals surface area contributed by atoms with E-state index in [0.717, 1.165) is 11.1 Å². The molecule has 0 saturated carbocycles. The Kier molecular flexibility index (Phi) is 3.12. The van der Waals surface area contributed by atoms with Gasteiger partial charge in [0.15, 0.2) is 11.3 Å². The molecule has 1 heterocycles. The third-order valence-electron chi connectivity index (χ3n) is 3.76. The Morgan fingerprint density at radius 2 is 1.80 bits per heavy atom. The van der Waals surface area contributed by atoms with Gasteiger partial charge in [-0.15, -0.1) is 0 Å². The van der Waals surface area contributed by atoms with Crippen LogP contribution in [0.4, 0.5) is 0 Å². The highest BCUT2D eigenvalue weighted by Crippen LogP contribution is 2.46. The minimum Gasteiger partial charge on any atom is -0.321 e. The Morgan fingerprint density at radius 3 is 2.45 bits per heavy atom. The lowest BCUT2D eigenvalue weighted by atomic mass is 9.80. The summed E-state index contributed by atoms with van der Waals surface area (Å²) in [5.41, 5.74) is 0.684. The molecule has 1 aromatic carbocycles. The SMILES string of the molecule is CN1C(=O)C(I)=C(c2ccccc2)C12C=CC=CC2=O. The topological polar surface area (TPSA) is 37.4 Å². The summed E-state index contributed by atoms with van der Waals surface area (Å²) in [6.45, 7) is 0. The van der Waals surface area contributed by atoms with E-state index in [9.17, 15) is 9.59 Å². The van der Waals surface area contributed by atoms with Crippen molar-refractivity contribution in [2.45, 2.75) is 5.54 Å². The number of carbonyl (C=O) groups excluding carboxylic acids is 2. The van der Waals surface area contributed by atoms with Crippen LogP contribution in [0.5, 0.6) is 0 Å². The summed E-state index contributed by atoms with van der Waals surface area (Å²) >= 11 is 2.04. The highest BCUT2D eigenvalue weighted by molar-refractivity contribution is 14.1. The number of hydrogen-bond acceptors (Lipinski definition) is 2. The summed E-state index contributed by atoms with van der Waals surface area (Å²) in [6.07, 6.45) is 6.87. The fourth-order valence-corrected chi connectivity index (χ4v) is 3.82. The maximum Gasteiger partial charge on any atom is 0.261 e. The van der Waals surface area contributed by atoms with Crippen LogP contribution in [0.3, 0.4) is 0 Å². The van der Waals surface area contributed by atoms with Crippen molar-refractivity contribution in [2.24, 2.45) is 0 Å². The largest absolute Gasteiger partial charge is 0.321 e. The molecule has 3 rings (SSSR count). The molecule has 1 aromatic rings. The van der Waals surface area contributed by atoms with Crippen molar-refractivity contribution in [1.82, 2.24) is 4.90 Å². The Balaban J connectivity index is 2.28. The average Bonchev–Trinajstić information content (AvgIpc) is 2.66. The van der Waals surface area contributed by atoms with Crippen molar-refractivity contribution in [3.8, 4) is 0 Å². The first-order chi connectivity index (χ1) is 9.59. The second kappa shape index (κ2) is 4.70. The van der Waals surface area contributed by atoms with Gasteiger partial charge in [-0.2, -0.15) is 0 Å². The first-order valence-corrected chi connectivity index (χ1v) is 7.31. The van der Waals surface area contributed by atoms with Crippen molar-refractivity contribution in [3.63, 3.8) is 0 Å². The Labute approximate surface area is 130 Å². The van der Waals surface area contributed by atoms with Crippen LogP contribution < -0.4 is 0 Å². The zero-order chi connectivity index (χ0) is 14.3. The van der Waals surface area contributed by atoms with Crippen LogP contribution in [-0.4, -0.2) is 29.2 Å². The van der Waals surface area contributed by atoms with Gasteiger partial charge >= 0.3 is 0 Å². The van der Waals surface area contributed by atoms with Gasteiger partial charge in [-0.05, 0) is 40.3 Å². The third-order valence-corrected chi connectivity index (χ3v) is 4.76. The predicted octanol–water partition coefficient (Wildman–Crippen LogP) is 2.74. The van der Waals surface area contributed by atoms with E-state index in [2.05, 4.69) is 0 Å². The normalized spacial score (nSPS) is 25.2. The molecular formula is C16H12INO2. The van der Waals surface area contributed by atoms with Crippen molar-refractivity contribution in [1.29, 1.82) is 0 Å². The van der Waals surface area contributed by atoms with Crippen LogP contribution in [0.2, 0.25) is 0 Å². The second-order valence-electron chi connectivity index (χ2n) is 4.77. The molecule has 4 heteroatoms. The molecule has 1 atom stereocenters. The van der Waals surface area contributed by atoms with Crippen LogP contribution in [0, 0.1) is 0 Å². The second-order valence-corrected chi connectivity index (χ2v) is 5.85. The molecule has 0 radical (unpaired) electrons. The number of hydrogen-bond donors (Lipinski definition) is 0. The first-order valence-electron chi connectivity index (χ1n) is 6.23. The fraction of sp³-hybridized carbons (Fsp3) is 0.125. The lowest BCUT2D eigenvalue weighted by molar-refractivity contribution is -0.132. The molecule has 100 valence electrons. The highest BCUT2D eigenvalue weighted by Gasteiger charge is 2.52. The molecule has 0 saturated heterocycles. The lowest BCUT2D eigenvalue weighted by Gasteiger charge is -2.35. The monoisotopic (exact) mass is 377 g/mol. The summed E-state index contributed by atoms with van der Waals surface area (Å²) in [7, 11) is 1.68. The molecule has 1 amide bonds. The number of halogens is 1. The van der Waals surface area contributed by atoms with Crippen molar-refractivity contribution in [2.75, 3.05) is 7.05 Å². The number of likely N-dealkylation sites (N-methyl/N-ethyl adjacent to an activating group) is 1. The van der Waals surface area contributed by atoms with Crippen molar-refractivity contribution >= 4 is 39.9 Å². The minimum absolute atomic E-state index is 0.0821. The standard InChI is InChI=1S/C16H12INO2/c1-18-15(20)14(17)13(11-7-3-2-4-8-11)16(18)10-6-5-9-12(16)19/h2-10H,1H3. The first kappa shape index (κ1) is 13.3. The quantitative estimate of drug-likeness (QED) is 0.706. The maximum atomic E-state index is 12.5. The lowest BCUT2D eigenvalue weighted by Crippen LogP contribution is -2.50. The van der Waals surface area contributed by atoms with Gasteiger partial charge in [0.1, 0.15) is 0 Å². The number of amides is 1. The van der Waals surface area contributed by atoms with Crippen molar-refractivity contribution in [3.05, 3.63) is 63.8 Å². The van der Waals surface area contributed by atoms with E-state index in [1.807, 2.05) is 59.0 Å². The van der Waals surface area contributed by atoms with E-state index in [-0.39, 0.29) is 11.7 Å². The number of nitrogens with zero attached hydrogens (tertiary/aromatic N) is 1. The number of allylic oxidation sites excluding steroid dienone is 2. The molecule has 1 aliphatic carbocycles. The summed E-state index contributed by atoms with van der Waals surface area (Å²) in [5.74, 6) is -0.195. The van der Waals surface area contributed by atoms with Crippen LogP contribution >= 0.6 is 22.6 Å². The van der Waals surface area contributed by atoms with E-state index >= 15 is 0 Å². The molecule has 1 spiro atoms. The molecule has 3 nitrogen and oxygen atoms in total. The van der Waals surface area contributed by atoms with Gasteiger partial charge in [-0.25, -0.2) is 0 Å². The molecule has 2 aliphatic rings. The molecule has 0 bridgehead atoms. The van der Waals surface area contributed by atoms with Gasteiger partial charge < -0.3 is 4.90 Å². The summed E-state index contributed by atoms with van der Waals surface area (Å²) < 4.78 is 0.601. The zero-order valence-corrected chi connectivity index (χ0v) is 13.0. The molecule has 1 unspecified atom stereocenters. The van der Waals surface area contributed by atoms with E-state index in [1.165, 1.54) is 11.0 Å². The Bertz CT molecular complexity index is 688. The van der Waals surface area contributed by atoms with Gasteiger partial charge in [0, 0.05) is 12.6 Å². The van der Waals surface area contributed by atoms with Crippen LogP contribution in [-0.2, 0) is 9.59 Å². The smallest absolute Gasteiger partial charge is 0.261 e. The third kappa shape index (κ3) is 1.64. The van der Waals surface area contributed by atoms with Crippen molar-refractivity contribution < 1.29 is 9.59 Å². The number of benzene rings is 1. The highest BCUT2D eigenvalue weighted by atomic mass is 127. The van der Waals surface area contributed by atoms with Gasteiger partial charge in [-0.1, -0.05) is 42.5 Å². The van der Waals surface area contributed by atoms with E-state index < -0.39 is 5.54 Å². The van der Waals surface area contributed by atoms with E-state index in [1.54, 1.807) is 19.2 Å². The molecule has 0 aromatic heterocycles. The van der Waals surface area contributed by atoms with E-state index in [0.29, 0.717) is 3.58 Å². The minimum atomic E-state index is -0.996. The fourth-order valence-electron chi connectivity index (χ4n) is 2.73. The molecule has 0 N–H and O–H groups in total. The van der Waals surface area contributed by atoms with Gasteiger partial charge in [0.25, 0.3) is 5.91 Å². The summed E-state index contributed by atoms with van der Waals surface area (Å²) in [6, 6.07) is 9.61. The molecule has 1 aliphatic heterocycles. The average molecular weight is 377 g/mol. The predicted molar refractivity (Wildman–Crippen MR) is 86.2 cm³/mol.